The van der Waals surface area contributed by atoms with Crippen LogP contribution in [0.5, 0.6) is 0 Å². The Balaban J connectivity index is 2.92. The number of rotatable bonds is 3. The van der Waals surface area contributed by atoms with Crippen LogP contribution in [0.3, 0.4) is 0 Å². The molecule has 1 aromatic rings. The van der Waals surface area contributed by atoms with E-state index in [1.807, 2.05) is 24.3 Å². The second-order valence-electron chi connectivity index (χ2n) is 3.73. The van der Waals surface area contributed by atoms with Crippen LogP contribution in [-0.4, -0.2) is 16.8 Å². The van der Waals surface area contributed by atoms with Crippen LogP contribution in [0.15, 0.2) is 24.3 Å². The fourth-order valence-corrected chi connectivity index (χ4v) is 1.24. The average molecular weight is 180 g/mol. The first-order valence-electron chi connectivity index (χ1n) is 4.46. The topological polar surface area (TPSA) is 40.5 Å². The van der Waals surface area contributed by atoms with E-state index in [-0.39, 0.29) is 6.61 Å². The van der Waals surface area contributed by atoms with Crippen molar-refractivity contribution in [3.8, 4) is 0 Å². The van der Waals surface area contributed by atoms with Gasteiger partial charge in [-0.2, -0.15) is 0 Å². The largest absolute Gasteiger partial charge is 0.396 e. The molecule has 0 aromatic heterocycles. The van der Waals surface area contributed by atoms with Crippen molar-refractivity contribution in [1.29, 1.82) is 0 Å². The Morgan fingerprint density at radius 3 is 2.54 bits per heavy atom. The number of hydrogen-bond acceptors (Lipinski definition) is 2. The Morgan fingerprint density at radius 2 is 2.00 bits per heavy atom. The van der Waals surface area contributed by atoms with Gasteiger partial charge in [-0.3, -0.25) is 0 Å². The second-order valence-corrected chi connectivity index (χ2v) is 3.73. The molecule has 0 fully saturated rings. The summed E-state index contributed by atoms with van der Waals surface area (Å²) in [5.41, 5.74) is 1.14. The standard InChI is InChI=1S/C11H16O2/c1-11(2,13)10-5-3-4-9(8-10)6-7-12/h3-5,8,12-13H,6-7H2,1-2H3. The maximum absolute atomic E-state index is 9.72. The molecule has 0 aliphatic rings. The lowest BCUT2D eigenvalue weighted by Gasteiger charge is -2.18. The lowest BCUT2D eigenvalue weighted by atomic mass is 9.96. The van der Waals surface area contributed by atoms with E-state index >= 15 is 0 Å². The summed E-state index contributed by atoms with van der Waals surface area (Å²) in [6.07, 6.45) is 0.643. The van der Waals surface area contributed by atoms with E-state index in [0.29, 0.717) is 6.42 Å². The Hall–Kier alpha value is -0.860. The lowest BCUT2D eigenvalue weighted by Crippen LogP contribution is -2.15. The van der Waals surface area contributed by atoms with Crippen molar-refractivity contribution in [3.63, 3.8) is 0 Å². The number of benzene rings is 1. The average Bonchev–Trinajstić information content (AvgIpc) is 2.04. The van der Waals surface area contributed by atoms with Crippen LogP contribution in [0.25, 0.3) is 0 Å². The molecule has 13 heavy (non-hydrogen) atoms. The fourth-order valence-electron chi connectivity index (χ4n) is 1.24. The molecule has 0 aliphatic heterocycles. The normalized spacial score (nSPS) is 11.7. The van der Waals surface area contributed by atoms with Crippen molar-refractivity contribution in [1.82, 2.24) is 0 Å². The molecule has 0 unspecified atom stereocenters. The highest BCUT2D eigenvalue weighted by molar-refractivity contribution is 5.27. The summed E-state index contributed by atoms with van der Waals surface area (Å²) in [5.74, 6) is 0. The van der Waals surface area contributed by atoms with Gasteiger partial charge in [0.2, 0.25) is 0 Å². The zero-order valence-corrected chi connectivity index (χ0v) is 8.12. The van der Waals surface area contributed by atoms with Gasteiger partial charge in [-0.15, -0.1) is 0 Å². The van der Waals surface area contributed by atoms with Crippen molar-refractivity contribution in [2.24, 2.45) is 0 Å². The van der Waals surface area contributed by atoms with Gasteiger partial charge < -0.3 is 10.2 Å². The van der Waals surface area contributed by atoms with Crippen LogP contribution in [0, 0.1) is 0 Å². The van der Waals surface area contributed by atoms with Crippen LogP contribution >= 0.6 is 0 Å². The van der Waals surface area contributed by atoms with Gasteiger partial charge in [-0.05, 0) is 31.4 Å². The molecule has 2 nitrogen and oxygen atoms in total. The molecular weight excluding hydrogens is 164 g/mol. The zero-order chi connectivity index (χ0) is 9.90. The molecule has 0 heterocycles. The van der Waals surface area contributed by atoms with E-state index in [2.05, 4.69) is 0 Å². The van der Waals surface area contributed by atoms with Gasteiger partial charge >= 0.3 is 0 Å². The van der Waals surface area contributed by atoms with Gasteiger partial charge in [0.05, 0.1) is 5.60 Å². The van der Waals surface area contributed by atoms with Gasteiger partial charge in [0.15, 0.2) is 0 Å². The summed E-state index contributed by atoms with van der Waals surface area (Å²) in [5, 5.41) is 18.5. The Kier molecular flexibility index (Phi) is 3.07. The van der Waals surface area contributed by atoms with Crippen LogP contribution in [0.4, 0.5) is 0 Å². The van der Waals surface area contributed by atoms with Crippen molar-refractivity contribution in [2.45, 2.75) is 25.9 Å². The molecule has 0 saturated carbocycles. The quantitative estimate of drug-likeness (QED) is 0.739. The number of aliphatic hydroxyl groups excluding tert-OH is 1. The van der Waals surface area contributed by atoms with Crippen LogP contribution in [0.1, 0.15) is 25.0 Å². The third-order valence-corrected chi connectivity index (χ3v) is 2.03. The highest BCUT2D eigenvalue weighted by Gasteiger charge is 2.15. The van der Waals surface area contributed by atoms with Crippen LogP contribution in [0.2, 0.25) is 0 Å². The predicted molar refractivity (Wildman–Crippen MR) is 52.5 cm³/mol. The van der Waals surface area contributed by atoms with E-state index < -0.39 is 5.60 Å². The van der Waals surface area contributed by atoms with Gasteiger partial charge in [0.25, 0.3) is 0 Å². The summed E-state index contributed by atoms with van der Waals surface area (Å²) >= 11 is 0. The van der Waals surface area contributed by atoms with Gasteiger partial charge in [0, 0.05) is 6.61 Å². The van der Waals surface area contributed by atoms with Gasteiger partial charge in [0.1, 0.15) is 0 Å². The second kappa shape index (κ2) is 3.90. The third kappa shape index (κ3) is 2.83. The van der Waals surface area contributed by atoms with Crippen LogP contribution in [-0.2, 0) is 12.0 Å². The molecule has 0 saturated heterocycles. The molecule has 0 radical (unpaired) electrons. The van der Waals surface area contributed by atoms with Crippen molar-refractivity contribution >= 4 is 0 Å². The van der Waals surface area contributed by atoms with E-state index in [9.17, 15) is 5.11 Å². The summed E-state index contributed by atoms with van der Waals surface area (Å²) in [7, 11) is 0. The van der Waals surface area contributed by atoms with Crippen molar-refractivity contribution < 1.29 is 10.2 Å². The van der Waals surface area contributed by atoms with Gasteiger partial charge in [-0.25, -0.2) is 0 Å². The first-order chi connectivity index (χ1) is 6.04. The highest BCUT2D eigenvalue weighted by Crippen LogP contribution is 2.20. The number of aliphatic hydroxyl groups is 2. The van der Waals surface area contributed by atoms with Crippen molar-refractivity contribution in [2.75, 3.05) is 6.61 Å². The minimum atomic E-state index is -0.800. The van der Waals surface area contributed by atoms with E-state index in [0.717, 1.165) is 11.1 Å². The molecule has 2 N–H and O–H groups in total. The van der Waals surface area contributed by atoms with E-state index in [1.54, 1.807) is 13.8 Å². The Labute approximate surface area is 78.8 Å². The summed E-state index contributed by atoms with van der Waals surface area (Å²) in [6.45, 7) is 3.66. The summed E-state index contributed by atoms with van der Waals surface area (Å²) in [4.78, 5) is 0. The third-order valence-electron chi connectivity index (χ3n) is 2.03. The molecule has 1 aromatic carbocycles. The smallest absolute Gasteiger partial charge is 0.0840 e. The maximum Gasteiger partial charge on any atom is 0.0840 e. The predicted octanol–water partition coefficient (Wildman–Crippen LogP) is 1.45. The Bertz CT molecular complexity index is 274. The fraction of sp³-hybridized carbons (Fsp3) is 0.455. The molecular formula is C11H16O2. The molecule has 0 bridgehead atoms. The minimum Gasteiger partial charge on any atom is -0.396 e. The Morgan fingerprint density at radius 1 is 1.31 bits per heavy atom. The minimum absolute atomic E-state index is 0.148. The van der Waals surface area contributed by atoms with Crippen molar-refractivity contribution in [3.05, 3.63) is 35.4 Å². The molecule has 0 aliphatic carbocycles. The molecule has 0 amide bonds. The monoisotopic (exact) mass is 180 g/mol. The molecule has 2 heteroatoms. The lowest BCUT2D eigenvalue weighted by molar-refractivity contribution is 0.0785. The van der Waals surface area contributed by atoms with Gasteiger partial charge in [-0.1, -0.05) is 24.3 Å². The van der Waals surface area contributed by atoms with E-state index in [4.69, 9.17) is 5.11 Å². The van der Waals surface area contributed by atoms with Crippen LogP contribution < -0.4 is 0 Å². The number of hydrogen-bond donors (Lipinski definition) is 2. The SMILES string of the molecule is CC(C)(O)c1cccc(CCO)c1. The molecule has 1 rings (SSSR count). The summed E-state index contributed by atoms with van der Waals surface area (Å²) in [6, 6.07) is 7.67. The first-order valence-corrected chi connectivity index (χ1v) is 4.46. The zero-order valence-electron chi connectivity index (χ0n) is 8.12. The first kappa shape index (κ1) is 10.2. The molecule has 0 spiro atoms. The van der Waals surface area contributed by atoms with E-state index in [1.165, 1.54) is 0 Å². The molecule has 0 atom stereocenters. The maximum atomic E-state index is 9.72. The summed E-state index contributed by atoms with van der Waals surface area (Å²) < 4.78 is 0. The highest BCUT2D eigenvalue weighted by atomic mass is 16.3. The molecule has 72 valence electrons.